The van der Waals surface area contributed by atoms with Gasteiger partial charge < -0.3 is 20.1 Å². The molecule has 7 nitrogen and oxygen atoms in total. The van der Waals surface area contributed by atoms with E-state index in [0.717, 1.165) is 44.0 Å². The molecule has 7 heteroatoms. The summed E-state index contributed by atoms with van der Waals surface area (Å²) in [6.45, 7) is 9.12. The topological polar surface area (TPSA) is 95.9 Å². The largest absolute Gasteiger partial charge is 0.480 e. The minimum Gasteiger partial charge on any atom is -0.480 e. The van der Waals surface area contributed by atoms with Crippen molar-refractivity contribution in [3.05, 3.63) is 41.5 Å². The molecule has 1 fully saturated rings. The number of nitrogens with zero attached hydrogens (tertiary/aromatic N) is 1. The van der Waals surface area contributed by atoms with Gasteiger partial charge in [-0.1, -0.05) is 39.3 Å². The highest BCUT2D eigenvalue weighted by atomic mass is 16.5. The molecule has 0 bridgehead atoms. The molecule has 1 aliphatic heterocycles. The second-order valence-electron chi connectivity index (χ2n) is 9.14. The van der Waals surface area contributed by atoms with Crippen LogP contribution in [0.3, 0.4) is 0 Å². The molecule has 1 saturated heterocycles. The Morgan fingerprint density at radius 1 is 1.28 bits per heavy atom. The Bertz CT molecular complexity index is 864. The van der Waals surface area contributed by atoms with Gasteiger partial charge in [0, 0.05) is 23.6 Å². The number of nitrogens with one attached hydrogen (secondary N) is 1. The van der Waals surface area contributed by atoms with Crippen molar-refractivity contribution in [3.63, 3.8) is 0 Å². The zero-order valence-electron chi connectivity index (χ0n) is 19.8. The van der Waals surface area contributed by atoms with E-state index in [-0.39, 0.29) is 16.9 Å². The number of carbonyl (C=O) groups excluding carboxylic acids is 2. The number of carbonyl (C=O) groups is 3. The lowest BCUT2D eigenvalue weighted by molar-refractivity contribution is -0.142. The molecule has 1 aromatic carbocycles. The molecular formula is C25H36N2O5. The second kappa shape index (κ2) is 11.3. The Balaban J connectivity index is 2.14. The molecule has 1 unspecified atom stereocenters. The van der Waals surface area contributed by atoms with E-state index < -0.39 is 23.9 Å². The molecule has 1 aliphatic rings. The van der Waals surface area contributed by atoms with Crippen LogP contribution < -0.4 is 10.1 Å². The molecule has 1 heterocycles. The molecule has 0 aromatic heterocycles. The predicted octanol–water partition coefficient (Wildman–Crippen LogP) is 3.53. The summed E-state index contributed by atoms with van der Waals surface area (Å²) < 4.78 is 5.54. The maximum absolute atomic E-state index is 12.6. The minimum absolute atomic E-state index is 0.0150. The third-order valence-corrected chi connectivity index (χ3v) is 6.25. The van der Waals surface area contributed by atoms with Gasteiger partial charge >= 0.3 is 11.9 Å². The number of benzene rings is 1. The number of ether oxygens (including phenoxy) is 1. The highest BCUT2D eigenvalue weighted by Gasteiger charge is 2.33. The van der Waals surface area contributed by atoms with Crippen LogP contribution in [0.1, 0.15) is 58.9 Å². The van der Waals surface area contributed by atoms with E-state index in [9.17, 15) is 19.5 Å². The first kappa shape index (κ1) is 25.6. The number of carboxylic acid groups (broad SMARTS) is 1. The molecule has 0 radical (unpaired) electrons. The van der Waals surface area contributed by atoms with Crippen molar-refractivity contribution in [3.8, 4) is 5.75 Å². The fraction of sp³-hybridized carbons (Fsp3) is 0.560. The third-order valence-electron chi connectivity index (χ3n) is 6.25. The van der Waals surface area contributed by atoms with Crippen LogP contribution >= 0.6 is 0 Å². The van der Waals surface area contributed by atoms with Gasteiger partial charge in [-0.2, -0.15) is 0 Å². The maximum atomic E-state index is 12.6. The molecule has 2 rings (SSSR count). The van der Waals surface area contributed by atoms with Gasteiger partial charge in [-0.25, -0.2) is 9.59 Å². The van der Waals surface area contributed by atoms with E-state index in [1.807, 2.05) is 12.1 Å². The molecule has 2 N–H and O–H groups in total. The Hall–Kier alpha value is -2.67. The molecule has 32 heavy (non-hydrogen) atoms. The summed E-state index contributed by atoms with van der Waals surface area (Å²) in [6.07, 6.45) is 5.50. The fourth-order valence-electron chi connectivity index (χ4n) is 4.29. The zero-order valence-corrected chi connectivity index (χ0v) is 19.8. The van der Waals surface area contributed by atoms with Crippen molar-refractivity contribution in [1.29, 1.82) is 0 Å². The molecule has 1 amide bonds. The van der Waals surface area contributed by atoms with E-state index in [1.165, 1.54) is 13.3 Å². The van der Waals surface area contributed by atoms with Crippen LogP contribution in [-0.4, -0.2) is 54.0 Å². The number of carboxylic acids is 1. The first-order valence-electron chi connectivity index (χ1n) is 11.3. The van der Waals surface area contributed by atoms with Gasteiger partial charge in [0.1, 0.15) is 11.8 Å². The lowest BCUT2D eigenvalue weighted by atomic mass is 9.74. The molecule has 176 valence electrons. The maximum Gasteiger partial charge on any atom is 0.339 e. The zero-order chi connectivity index (χ0) is 23.9. The van der Waals surface area contributed by atoms with E-state index >= 15 is 0 Å². The number of hydrogen-bond acceptors (Lipinski definition) is 5. The average Bonchev–Trinajstić information content (AvgIpc) is 2.93. The van der Waals surface area contributed by atoms with E-state index in [0.29, 0.717) is 5.75 Å². The number of rotatable bonds is 8. The second-order valence-corrected chi connectivity index (χ2v) is 9.14. The van der Waals surface area contributed by atoms with Crippen LogP contribution in [0.4, 0.5) is 0 Å². The van der Waals surface area contributed by atoms with E-state index in [4.69, 9.17) is 4.74 Å². The monoisotopic (exact) mass is 444 g/mol. The van der Waals surface area contributed by atoms with Gasteiger partial charge in [0.25, 0.3) is 0 Å². The number of hydrogen-bond donors (Lipinski definition) is 2. The fourth-order valence-corrected chi connectivity index (χ4v) is 4.29. The summed E-state index contributed by atoms with van der Waals surface area (Å²) in [5, 5.41) is 11.6. The summed E-state index contributed by atoms with van der Waals surface area (Å²) >= 11 is 0. The highest BCUT2D eigenvalue weighted by Crippen LogP contribution is 2.37. The van der Waals surface area contributed by atoms with Crippen LogP contribution in [-0.2, 0) is 19.8 Å². The van der Waals surface area contributed by atoms with Crippen LogP contribution in [0.15, 0.2) is 35.9 Å². The SMILES string of the molecule is CCC1(c2cccc(OC(=O)C(C)=CC(=O)N[C@H](C(=O)O)C(C)C)c2)CCCCN(C)C1. The van der Waals surface area contributed by atoms with Crippen LogP contribution in [0.5, 0.6) is 5.75 Å². The van der Waals surface area contributed by atoms with Gasteiger partial charge in [-0.15, -0.1) is 0 Å². The molecule has 0 saturated carbocycles. The smallest absolute Gasteiger partial charge is 0.339 e. The van der Waals surface area contributed by atoms with Crippen molar-refractivity contribution in [2.45, 2.75) is 64.8 Å². The van der Waals surface area contributed by atoms with Gasteiger partial charge in [-0.05, 0) is 63.4 Å². The lowest BCUT2D eigenvalue weighted by Crippen LogP contribution is -2.43. The summed E-state index contributed by atoms with van der Waals surface area (Å²) in [6, 6.07) is 6.62. The van der Waals surface area contributed by atoms with Crippen molar-refractivity contribution in [2.24, 2.45) is 5.92 Å². The normalized spacial score (nSPS) is 21.0. The van der Waals surface area contributed by atoms with Crippen molar-refractivity contribution in [2.75, 3.05) is 20.1 Å². The van der Waals surface area contributed by atoms with Crippen molar-refractivity contribution < 1.29 is 24.2 Å². The number of likely N-dealkylation sites (tertiary alicyclic amines) is 1. The van der Waals surface area contributed by atoms with Crippen molar-refractivity contribution >= 4 is 17.8 Å². The summed E-state index contributed by atoms with van der Waals surface area (Å²) in [5.74, 6) is -2.24. The van der Waals surface area contributed by atoms with E-state index in [2.05, 4.69) is 30.3 Å². The summed E-state index contributed by atoms with van der Waals surface area (Å²) in [7, 11) is 2.15. The number of aliphatic carboxylic acids is 1. The Labute approximate surface area is 190 Å². The quantitative estimate of drug-likeness (QED) is 0.362. The van der Waals surface area contributed by atoms with Crippen LogP contribution in [0.25, 0.3) is 0 Å². The van der Waals surface area contributed by atoms with Crippen LogP contribution in [0.2, 0.25) is 0 Å². The van der Waals surface area contributed by atoms with Gasteiger partial charge in [0.05, 0.1) is 0 Å². The highest BCUT2D eigenvalue weighted by molar-refractivity contribution is 5.99. The average molecular weight is 445 g/mol. The van der Waals surface area contributed by atoms with Gasteiger partial charge in [0.2, 0.25) is 5.91 Å². The molecule has 0 spiro atoms. The third kappa shape index (κ3) is 6.66. The lowest BCUT2D eigenvalue weighted by Gasteiger charge is -2.35. The van der Waals surface area contributed by atoms with E-state index in [1.54, 1.807) is 19.9 Å². The number of esters is 1. The van der Waals surface area contributed by atoms with Crippen molar-refractivity contribution in [1.82, 2.24) is 10.2 Å². The summed E-state index contributed by atoms with van der Waals surface area (Å²) in [4.78, 5) is 38.3. The number of likely N-dealkylation sites (N-methyl/N-ethyl adjacent to an activating group) is 1. The number of amides is 1. The Morgan fingerprint density at radius 3 is 2.62 bits per heavy atom. The Morgan fingerprint density at radius 2 is 2.00 bits per heavy atom. The summed E-state index contributed by atoms with van der Waals surface area (Å²) in [5.41, 5.74) is 1.26. The van der Waals surface area contributed by atoms with Gasteiger partial charge in [0.15, 0.2) is 0 Å². The molecule has 2 atom stereocenters. The molecule has 1 aromatic rings. The Kier molecular flexibility index (Phi) is 9.01. The molecule has 0 aliphatic carbocycles. The standard InChI is InChI=1S/C25H36N2O5/c1-6-25(12-7-8-13-27(5)16-25)19-10-9-11-20(15-19)32-24(31)18(4)14-21(28)26-22(17(2)3)23(29)30/h9-11,14-15,17,22H,6-8,12-13,16H2,1-5H3,(H,26,28)(H,29,30)/t22-,25?/m0/s1. The van der Waals surface area contributed by atoms with Crippen LogP contribution in [0, 0.1) is 5.92 Å². The molecular weight excluding hydrogens is 408 g/mol. The predicted molar refractivity (Wildman–Crippen MR) is 124 cm³/mol. The first-order valence-corrected chi connectivity index (χ1v) is 11.3. The van der Waals surface area contributed by atoms with Gasteiger partial charge in [-0.3, -0.25) is 4.79 Å². The first-order chi connectivity index (χ1) is 15.1. The minimum atomic E-state index is -1.12.